The number of hydrogen-bond donors (Lipinski definition) is 3. The predicted octanol–water partition coefficient (Wildman–Crippen LogP) is 10.7. The van der Waals surface area contributed by atoms with Crippen LogP contribution >= 0.6 is 0 Å². The maximum atomic E-state index is 12.5. The highest BCUT2D eigenvalue weighted by Crippen LogP contribution is 2.11. The van der Waals surface area contributed by atoms with Crippen LogP contribution in [0.5, 0.6) is 0 Å². The first kappa shape index (κ1) is 44.8. The summed E-state index contributed by atoms with van der Waals surface area (Å²) in [4.78, 5) is 12.5. The zero-order chi connectivity index (χ0) is 34.7. The van der Waals surface area contributed by atoms with E-state index >= 15 is 0 Å². The minimum atomic E-state index is -4.36. The molecule has 0 saturated carbocycles. The van der Waals surface area contributed by atoms with Crippen LogP contribution in [0.15, 0.2) is 72.9 Å². The quantitative estimate of drug-likeness (QED) is 0.0374. The number of unbranched alkanes of at least 4 members (excludes halogenated alkanes) is 14. The molecule has 0 heterocycles. The maximum absolute atomic E-state index is 12.5. The lowest BCUT2D eigenvalue weighted by Gasteiger charge is -2.21. The van der Waals surface area contributed by atoms with E-state index in [1.165, 1.54) is 57.4 Å². The van der Waals surface area contributed by atoms with Crippen LogP contribution in [0.25, 0.3) is 0 Å². The molecule has 0 spiro atoms. The summed E-state index contributed by atoms with van der Waals surface area (Å²) < 4.78 is 32.4. The Kier molecular flexibility index (Phi) is 32.1. The standard InChI is InChI=1S/C40H69NO5S/c1-3-5-7-9-11-13-15-17-19-20-22-23-25-27-29-31-33-35-39(42)38(37-47(44,45)46)41-40(43)36-34-32-30-28-26-24-21-18-16-14-12-10-8-6-4-2/h6,8,12,14,18-21,25,27,33,35,38-39,42H,3-5,7,9-11,13,15-17,22-24,26,28-32,34,36-37H2,1-2H3,(H,41,43)(H,44,45,46)/b8-6-,14-12-,20-19+,21-18-,27-25+,35-33+. The van der Waals surface area contributed by atoms with Crippen molar-refractivity contribution < 1.29 is 22.9 Å². The summed E-state index contributed by atoms with van der Waals surface area (Å²) in [7, 11) is -4.36. The zero-order valence-electron chi connectivity index (χ0n) is 29.9. The molecule has 270 valence electrons. The van der Waals surface area contributed by atoms with E-state index in [0.29, 0.717) is 12.8 Å². The molecule has 0 fully saturated rings. The van der Waals surface area contributed by atoms with Crippen LogP contribution in [0.4, 0.5) is 0 Å². The van der Waals surface area contributed by atoms with Gasteiger partial charge in [0.15, 0.2) is 0 Å². The summed E-state index contributed by atoms with van der Waals surface area (Å²) in [6, 6.07) is -1.09. The van der Waals surface area contributed by atoms with Gasteiger partial charge in [-0.2, -0.15) is 8.42 Å². The largest absolute Gasteiger partial charge is 0.387 e. The number of carbonyl (C=O) groups is 1. The number of allylic oxidation sites excluding steroid dienone is 11. The second-order valence-corrected chi connectivity index (χ2v) is 13.9. The number of hydrogen-bond acceptors (Lipinski definition) is 4. The molecule has 1 amide bonds. The normalized spacial score (nSPS) is 14.2. The molecule has 0 aromatic carbocycles. The van der Waals surface area contributed by atoms with Gasteiger partial charge < -0.3 is 10.4 Å². The van der Waals surface area contributed by atoms with Crippen LogP contribution in [0, 0.1) is 0 Å². The van der Waals surface area contributed by atoms with Crippen LogP contribution in [-0.4, -0.2) is 41.9 Å². The van der Waals surface area contributed by atoms with Crippen LogP contribution in [-0.2, 0) is 14.9 Å². The second kappa shape index (κ2) is 33.7. The van der Waals surface area contributed by atoms with Crippen LogP contribution in [0.2, 0.25) is 0 Å². The Morgan fingerprint density at radius 2 is 1.04 bits per heavy atom. The summed E-state index contributed by atoms with van der Waals surface area (Å²) in [5.41, 5.74) is 0. The Bertz CT molecular complexity index is 1010. The van der Waals surface area contributed by atoms with Gasteiger partial charge in [-0.05, 0) is 77.0 Å². The third-order valence-corrected chi connectivity index (χ3v) is 8.62. The third kappa shape index (κ3) is 34.9. The monoisotopic (exact) mass is 675 g/mol. The van der Waals surface area contributed by atoms with E-state index in [1.807, 2.05) is 0 Å². The lowest BCUT2D eigenvalue weighted by molar-refractivity contribution is -0.122. The molecular weight excluding hydrogens is 607 g/mol. The van der Waals surface area contributed by atoms with Gasteiger partial charge >= 0.3 is 0 Å². The van der Waals surface area contributed by atoms with Crippen LogP contribution in [0.3, 0.4) is 0 Å². The van der Waals surface area contributed by atoms with E-state index in [4.69, 9.17) is 0 Å². The number of rotatable bonds is 32. The van der Waals surface area contributed by atoms with E-state index in [-0.39, 0.29) is 12.3 Å². The molecule has 2 unspecified atom stereocenters. The average molecular weight is 676 g/mol. The highest BCUT2D eigenvalue weighted by Gasteiger charge is 2.24. The molecule has 0 aliphatic carbocycles. The fraction of sp³-hybridized carbons (Fsp3) is 0.675. The Labute approximate surface area is 289 Å². The Morgan fingerprint density at radius 3 is 1.60 bits per heavy atom. The van der Waals surface area contributed by atoms with Crippen LogP contribution < -0.4 is 5.32 Å². The molecule has 3 N–H and O–H groups in total. The minimum Gasteiger partial charge on any atom is -0.387 e. The van der Waals surface area contributed by atoms with Gasteiger partial charge in [-0.25, -0.2) is 0 Å². The van der Waals surface area contributed by atoms with Gasteiger partial charge in [0.25, 0.3) is 10.1 Å². The lowest BCUT2D eigenvalue weighted by Crippen LogP contribution is -2.46. The zero-order valence-corrected chi connectivity index (χ0v) is 30.7. The molecular formula is C40H69NO5S. The van der Waals surface area contributed by atoms with Crippen molar-refractivity contribution in [3.8, 4) is 0 Å². The lowest BCUT2D eigenvalue weighted by atomic mass is 10.1. The van der Waals surface area contributed by atoms with Crippen molar-refractivity contribution in [1.82, 2.24) is 5.32 Å². The highest BCUT2D eigenvalue weighted by molar-refractivity contribution is 7.85. The molecule has 0 saturated heterocycles. The molecule has 0 aliphatic rings. The molecule has 2 atom stereocenters. The summed E-state index contributed by atoms with van der Waals surface area (Å²) in [6.45, 7) is 4.39. The fourth-order valence-corrected chi connectivity index (χ4v) is 5.82. The first-order valence-electron chi connectivity index (χ1n) is 18.6. The van der Waals surface area contributed by atoms with Gasteiger partial charge in [0, 0.05) is 6.42 Å². The highest BCUT2D eigenvalue weighted by atomic mass is 32.2. The number of nitrogens with one attached hydrogen (secondary N) is 1. The molecule has 0 rings (SSSR count). The van der Waals surface area contributed by atoms with Gasteiger partial charge in [-0.1, -0.05) is 145 Å². The van der Waals surface area contributed by atoms with E-state index in [1.54, 1.807) is 6.08 Å². The molecule has 6 nitrogen and oxygen atoms in total. The van der Waals surface area contributed by atoms with Crippen LogP contribution in [0.1, 0.15) is 155 Å². The minimum absolute atomic E-state index is 0.261. The predicted molar refractivity (Wildman–Crippen MR) is 202 cm³/mol. The summed E-state index contributed by atoms with van der Waals surface area (Å²) >= 11 is 0. The molecule has 7 heteroatoms. The topological polar surface area (TPSA) is 104 Å². The van der Waals surface area contributed by atoms with Crippen molar-refractivity contribution >= 4 is 16.0 Å². The average Bonchev–Trinajstić information content (AvgIpc) is 3.03. The summed E-state index contributed by atoms with van der Waals surface area (Å²) in [5.74, 6) is -1.04. The third-order valence-electron chi connectivity index (χ3n) is 7.84. The second-order valence-electron chi connectivity index (χ2n) is 12.4. The number of amides is 1. The molecule has 0 bridgehead atoms. The molecule has 0 radical (unpaired) electrons. The SMILES string of the molecule is CC/C=C\C/C=C\C/C=C\CCCCCCCC(=O)NC(CS(=O)(=O)O)C(O)/C=C/CC/C=C/CC/C=C/CCCCCCCCC. The maximum Gasteiger partial charge on any atom is 0.267 e. The van der Waals surface area contributed by atoms with Crippen molar-refractivity contribution in [2.45, 2.75) is 167 Å². The van der Waals surface area contributed by atoms with Crippen molar-refractivity contribution in [2.75, 3.05) is 5.75 Å². The molecule has 0 aliphatic heterocycles. The first-order chi connectivity index (χ1) is 22.8. The van der Waals surface area contributed by atoms with E-state index in [0.717, 1.165) is 70.6 Å². The summed E-state index contributed by atoms with van der Waals surface area (Å²) in [6.07, 6.45) is 47.4. The smallest absolute Gasteiger partial charge is 0.267 e. The molecule has 47 heavy (non-hydrogen) atoms. The van der Waals surface area contributed by atoms with E-state index in [9.17, 15) is 22.9 Å². The first-order valence-corrected chi connectivity index (χ1v) is 20.2. The Hall–Kier alpha value is -2.22. The molecule has 0 aromatic heterocycles. The van der Waals surface area contributed by atoms with E-state index < -0.39 is 28.0 Å². The van der Waals surface area contributed by atoms with Crippen molar-refractivity contribution in [3.63, 3.8) is 0 Å². The number of carbonyl (C=O) groups excluding carboxylic acids is 1. The Morgan fingerprint density at radius 1 is 0.596 bits per heavy atom. The molecule has 0 aromatic rings. The fourth-order valence-electron chi connectivity index (χ4n) is 5.08. The Balaban J connectivity index is 4.12. The van der Waals surface area contributed by atoms with Gasteiger partial charge in [0.2, 0.25) is 5.91 Å². The van der Waals surface area contributed by atoms with Gasteiger partial charge in [-0.15, -0.1) is 0 Å². The van der Waals surface area contributed by atoms with Gasteiger partial charge in [0.1, 0.15) is 0 Å². The number of aliphatic hydroxyl groups is 1. The van der Waals surface area contributed by atoms with Gasteiger partial charge in [-0.3, -0.25) is 9.35 Å². The van der Waals surface area contributed by atoms with Crippen molar-refractivity contribution in [3.05, 3.63) is 72.9 Å². The van der Waals surface area contributed by atoms with Crippen molar-refractivity contribution in [1.29, 1.82) is 0 Å². The van der Waals surface area contributed by atoms with E-state index in [2.05, 4.69) is 79.9 Å². The summed E-state index contributed by atoms with van der Waals surface area (Å²) in [5, 5.41) is 13.1. The van der Waals surface area contributed by atoms with Gasteiger partial charge in [0.05, 0.1) is 17.9 Å². The number of aliphatic hydroxyl groups excluding tert-OH is 1. The van der Waals surface area contributed by atoms with Crippen molar-refractivity contribution in [2.24, 2.45) is 0 Å².